The van der Waals surface area contributed by atoms with Crippen LogP contribution in [0.15, 0.2) is 77.7 Å². The molecule has 0 heterocycles. The fraction of sp³-hybridized carbons (Fsp3) is 0.310. The molecule has 3 aromatic rings. The lowest BCUT2D eigenvalue weighted by Gasteiger charge is -2.32. The van der Waals surface area contributed by atoms with Crippen LogP contribution in [-0.2, 0) is 26.2 Å². The van der Waals surface area contributed by atoms with Crippen LogP contribution in [-0.4, -0.2) is 43.8 Å². The van der Waals surface area contributed by atoms with Crippen molar-refractivity contribution in [1.29, 1.82) is 0 Å². The molecule has 7 nitrogen and oxygen atoms in total. The Morgan fingerprint density at radius 1 is 1.00 bits per heavy atom. The van der Waals surface area contributed by atoms with Crippen LogP contribution in [0.5, 0.6) is 0 Å². The van der Waals surface area contributed by atoms with E-state index in [-0.39, 0.29) is 23.4 Å². The van der Waals surface area contributed by atoms with E-state index in [1.165, 1.54) is 17.0 Å². The lowest BCUT2D eigenvalue weighted by molar-refractivity contribution is -0.139. The quantitative estimate of drug-likeness (QED) is 0.251. The van der Waals surface area contributed by atoms with Crippen molar-refractivity contribution in [2.75, 3.05) is 10.8 Å². The Bertz CT molecular complexity index is 1450. The maximum Gasteiger partial charge on any atom is 0.264 e. The third kappa shape index (κ3) is 7.48. The number of rotatable bonds is 10. The zero-order chi connectivity index (χ0) is 28.9. The molecule has 3 aromatic carbocycles. The van der Waals surface area contributed by atoms with Crippen LogP contribution in [0.4, 0.5) is 5.69 Å². The molecule has 0 saturated heterocycles. The number of anilines is 1. The Hall–Kier alpha value is -2.34. The number of benzene rings is 3. The van der Waals surface area contributed by atoms with Crippen molar-refractivity contribution >= 4 is 73.3 Å². The molecule has 0 radical (unpaired) electrons. The van der Waals surface area contributed by atoms with E-state index in [1.54, 1.807) is 67.6 Å². The average Bonchev–Trinajstić information content (AvgIpc) is 3.45. The summed E-state index contributed by atoms with van der Waals surface area (Å²) in [6, 6.07) is 18.9. The van der Waals surface area contributed by atoms with Crippen molar-refractivity contribution in [1.82, 2.24) is 10.2 Å². The topological polar surface area (TPSA) is 86.8 Å². The molecule has 1 saturated carbocycles. The molecule has 2 amide bonds. The number of carbonyl (C=O) groups is 2. The summed E-state index contributed by atoms with van der Waals surface area (Å²) in [6.45, 7) is 1.14. The summed E-state index contributed by atoms with van der Waals surface area (Å²) in [5.41, 5.74) is 0.928. The first kappa shape index (κ1) is 30.6. The number of halogens is 3. The number of carbonyl (C=O) groups excluding carboxylic acids is 2. The zero-order valence-corrected chi connectivity index (χ0v) is 26.4. The van der Waals surface area contributed by atoms with Gasteiger partial charge in [0, 0.05) is 26.2 Å². The molecule has 0 spiro atoms. The summed E-state index contributed by atoms with van der Waals surface area (Å²) in [4.78, 5) is 28.7. The molecule has 0 aliphatic heterocycles. The van der Waals surface area contributed by atoms with Gasteiger partial charge >= 0.3 is 0 Å². The number of hydrogen-bond acceptors (Lipinski definition) is 4. The molecule has 0 bridgehead atoms. The van der Waals surface area contributed by atoms with Crippen molar-refractivity contribution < 1.29 is 18.0 Å². The molecule has 40 heavy (non-hydrogen) atoms. The van der Waals surface area contributed by atoms with Gasteiger partial charge in [-0.2, -0.15) is 0 Å². The summed E-state index contributed by atoms with van der Waals surface area (Å²) in [5, 5.41) is 3.84. The molecule has 11 heteroatoms. The van der Waals surface area contributed by atoms with Crippen LogP contribution in [0, 0.1) is 3.57 Å². The standard InChI is InChI=1S/C29H30Cl2IN3O4S/c1-20(29(37)33-24-7-5-6-8-24)34(18-21-11-12-22(30)17-27(21)31)28(36)19-35(25-15-13-23(32)14-16-25)40(38,39)26-9-3-2-4-10-26/h2-4,9-17,20,24H,5-8,18-19H2,1H3,(H,33,37)/t20-/m1/s1. The smallest absolute Gasteiger partial charge is 0.264 e. The van der Waals surface area contributed by atoms with Crippen LogP contribution < -0.4 is 9.62 Å². The lowest BCUT2D eigenvalue weighted by Crippen LogP contribution is -2.52. The Kier molecular flexibility index (Phi) is 10.4. The van der Waals surface area contributed by atoms with Crippen LogP contribution in [0.3, 0.4) is 0 Å². The van der Waals surface area contributed by atoms with Gasteiger partial charge < -0.3 is 10.2 Å². The Balaban J connectivity index is 1.69. The molecule has 1 aliphatic rings. The SMILES string of the molecule is C[C@H](C(=O)NC1CCCC1)N(Cc1ccc(Cl)cc1Cl)C(=O)CN(c1ccc(I)cc1)S(=O)(=O)c1ccccc1. The van der Waals surface area contributed by atoms with Gasteiger partial charge in [-0.25, -0.2) is 8.42 Å². The van der Waals surface area contributed by atoms with Gasteiger partial charge in [-0.1, -0.05) is 60.3 Å². The summed E-state index contributed by atoms with van der Waals surface area (Å²) in [7, 11) is -4.11. The van der Waals surface area contributed by atoms with Crippen molar-refractivity contribution in [3.8, 4) is 0 Å². The first-order valence-electron chi connectivity index (χ1n) is 12.9. The predicted octanol–water partition coefficient (Wildman–Crippen LogP) is 6.27. The maximum absolute atomic E-state index is 14.0. The highest BCUT2D eigenvalue weighted by Gasteiger charge is 2.33. The maximum atomic E-state index is 14.0. The molecule has 0 aromatic heterocycles. The minimum atomic E-state index is -4.11. The predicted molar refractivity (Wildman–Crippen MR) is 167 cm³/mol. The molecule has 0 unspecified atom stereocenters. The second-order valence-electron chi connectivity index (χ2n) is 9.72. The second kappa shape index (κ2) is 13.5. The van der Waals surface area contributed by atoms with E-state index in [0.29, 0.717) is 21.3 Å². The average molecular weight is 714 g/mol. The van der Waals surface area contributed by atoms with E-state index in [4.69, 9.17) is 23.2 Å². The molecule has 212 valence electrons. The van der Waals surface area contributed by atoms with Crippen LogP contribution in [0.2, 0.25) is 10.0 Å². The second-order valence-corrected chi connectivity index (χ2v) is 13.7. The third-order valence-corrected chi connectivity index (χ3v) is 10.0. The molecule has 1 N–H and O–H groups in total. The highest BCUT2D eigenvalue weighted by Crippen LogP contribution is 2.27. The van der Waals surface area contributed by atoms with E-state index in [9.17, 15) is 18.0 Å². The minimum absolute atomic E-state index is 0.00000171. The van der Waals surface area contributed by atoms with Gasteiger partial charge in [0.15, 0.2) is 0 Å². The number of amides is 2. The molecule has 1 aliphatic carbocycles. The van der Waals surface area contributed by atoms with Gasteiger partial charge in [-0.15, -0.1) is 0 Å². The molecular formula is C29H30Cl2IN3O4S. The zero-order valence-electron chi connectivity index (χ0n) is 21.9. The molecule has 1 fully saturated rings. The third-order valence-electron chi connectivity index (χ3n) is 6.95. The van der Waals surface area contributed by atoms with Gasteiger partial charge in [0.05, 0.1) is 10.6 Å². The summed E-state index contributed by atoms with van der Waals surface area (Å²) in [5.74, 6) is -0.838. The van der Waals surface area contributed by atoms with Gasteiger partial charge in [-0.3, -0.25) is 13.9 Å². The van der Waals surface area contributed by atoms with Crippen LogP contribution in [0.25, 0.3) is 0 Å². The largest absolute Gasteiger partial charge is 0.352 e. The molecule has 4 rings (SSSR count). The fourth-order valence-electron chi connectivity index (χ4n) is 4.66. The van der Waals surface area contributed by atoms with E-state index >= 15 is 0 Å². The Morgan fingerprint density at radius 3 is 2.27 bits per heavy atom. The first-order valence-corrected chi connectivity index (χ1v) is 16.2. The first-order chi connectivity index (χ1) is 19.1. The number of nitrogens with zero attached hydrogens (tertiary/aromatic N) is 2. The van der Waals surface area contributed by atoms with Crippen molar-refractivity contribution in [3.63, 3.8) is 0 Å². The van der Waals surface area contributed by atoms with Gasteiger partial charge in [0.25, 0.3) is 10.0 Å². The summed E-state index contributed by atoms with van der Waals surface area (Å²) >= 11 is 14.6. The van der Waals surface area contributed by atoms with E-state index in [1.807, 2.05) is 0 Å². The monoisotopic (exact) mass is 713 g/mol. The summed E-state index contributed by atoms with van der Waals surface area (Å²) < 4.78 is 29.6. The Morgan fingerprint density at radius 2 is 1.65 bits per heavy atom. The van der Waals surface area contributed by atoms with E-state index < -0.39 is 28.5 Å². The van der Waals surface area contributed by atoms with Crippen molar-refractivity contribution in [3.05, 3.63) is 92.0 Å². The Labute approximate surface area is 259 Å². The highest BCUT2D eigenvalue weighted by molar-refractivity contribution is 14.1. The van der Waals surface area contributed by atoms with E-state index in [2.05, 4.69) is 27.9 Å². The van der Waals surface area contributed by atoms with Gasteiger partial charge in [0.1, 0.15) is 12.6 Å². The number of hydrogen-bond donors (Lipinski definition) is 1. The number of sulfonamides is 1. The van der Waals surface area contributed by atoms with Crippen LogP contribution >= 0.6 is 45.8 Å². The van der Waals surface area contributed by atoms with Crippen LogP contribution in [0.1, 0.15) is 38.2 Å². The normalized spacial score (nSPS) is 14.5. The van der Waals surface area contributed by atoms with Gasteiger partial charge in [-0.05, 0) is 96.5 Å². The number of nitrogens with one attached hydrogen (secondary N) is 1. The lowest BCUT2D eigenvalue weighted by atomic mass is 10.1. The fourth-order valence-corrected chi connectivity index (χ4v) is 6.93. The van der Waals surface area contributed by atoms with Crippen molar-refractivity contribution in [2.45, 2.75) is 56.1 Å². The summed E-state index contributed by atoms with van der Waals surface area (Å²) in [6.07, 6.45) is 3.88. The van der Waals surface area contributed by atoms with E-state index in [0.717, 1.165) is 33.6 Å². The molecular weight excluding hydrogens is 684 g/mol. The van der Waals surface area contributed by atoms with Gasteiger partial charge in [0.2, 0.25) is 11.8 Å². The molecule has 1 atom stereocenters. The minimum Gasteiger partial charge on any atom is -0.352 e. The van der Waals surface area contributed by atoms with Crippen molar-refractivity contribution in [2.24, 2.45) is 0 Å². The highest BCUT2D eigenvalue weighted by atomic mass is 127.